The van der Waals surface area contributed by atoms with Crippen LogP contribution in [0.25, 0.3) is 0 Å². The van der Waals surface area contributed by atoms with E-state index < -0.39 is 0 Å². The maximum absolute atomic E-state index is 4.30. The topological polar surface area (TPSA) is 15.6 Å². The molecule has 1 atom stereocenters. The second-order valence-corrected chi connectivity index (χ2v) is 2.83. The molecule has 0 bridgehead atoms. The molecule has 0 aromatic carbocycles. The maximum Gasteiger partial charge on any atom is 0.0474 e. The minimum Gasteiger partial charge on any atom is -0.294 e. The van der Waals surface area contributed by atoms with Gasteiger partial charge in [-0.05, 0) is 25.7 Å². The molecule has 1 unspecified atom stereocenters. The zero-order valence-corrected chi connectivity index (χ0v) is 5.58. The normalized spacial score (nSPS) is 32.9. The molecule has 1 saturated heterocycles. The Morgan fingerprint density at radius 2 is 2.44 bits per heavy atom. The Labute approximate surface area is 55.5 Å². The molecule has 2 rings (SSSR count). The van der Waals surface area contributed by atoms with E-state index in [1.165, 1.54) is 32.2 Å². The molecule has 0 aromatic rings. The standard InChI is InChI=1S/C7H12N2/c1-3-7-4-2-6-9(7)8-5-1/h5,7H,1-4,6H2. The molecule has 2 aliphatic heterocycles. The highest BCUT2D eigenvalue weighted by Gasteiger charge is 2.23. The lowest BCUT2D eigenvalue weighted by Gasteiger charge is -2.23. The summed E-state index contributed by atoms with van der Waals surface area (Å²) in [5.41, 5.74) is 0. The molecule has 2 nitrogen and oxygen atoms in total. The van der Waals surface area contributed by atoms with E-state index in [2.05, 4.69) is 10.1 Å². The van der Waals surface area contributed by atoms with Gasteiger partial charge in [0.2, 0.25) is 0 Å². The van der Waals surface area contributed by atoms with Gasteiger partial charge in [-0.15, -0.1) is 0 Å². The van der Waals surface area contributed by atoms with Crippen molar-refractivity contribution in [1.82, 2.24) is 5.01 Å². The van der Waals surface area contributed by atoms with Gasteiger partial charge >= 0.3 is 0 Å². The van der Waals surface area contributed by atoms with E-state index in [-0.39, 0.29) is 0 Å². The van der Waals surface area contributed by atoms with Crippen LogP contribution in [0.5, 0.6) is 0 Å². The largest absolute Gasteiger partial charge is 0.294 e. The highest BCUT2D eigenvalue weighted by molar-refractivity contribution is 5.57. The highest BCUT2D eigenvalue weighted by Crippen LogP contribution is 2.23. The van der Waals surface area contributed by atoms with Crippen molar-refractivity contribution in [3.05, 3.63) is 0 Å². The molecule has 0 N–H and O–H groups in total. The average molecular weight is 124 g/mol. The van der Waals surface area contributed by atoms with E-state index in [1.807, 2.05) is 6.21 Å². The first-order valence-electron chi connectivity index (χ1n) is 3.76. The van der Waals surface area contributed by atoms with Gasteiger partial charge in [-0.25, -0.2) is 0 Å². The molecule has 0 aromatic heterocycles. The zero-order valence-electron chi connectivity index (χ0n) is 5.58. The Bertz CT molecular complexity index is 131. The molecule has 50 valence electrons. The average Bonchev–Trinajstić information content (AvgIpc) is 2.33. The first-order valence-corrected chi connectivity index (χ1v) is 3.76. The summed E-state index contributed by atoms with van der Waals surface area (Å²) in [6.07, 6.45) is 7.30. The van der Waals surface area contributed by atoms with Crippen LogP contribution in [-0.2, 0) is 0 Å². The summed E-state index contributed by atoms with van der Waals surface area (Å²) in [4.78, 5) is 0. The van der Waals surface area contributed by atoms with Crippen molar-refractivity contribution in [1.29, 1.82) is 0 Å². The first kappa shape index (κ1) is 5.27. The molecule has 0 radical (unpaired) electrons. The molecule has 0 aliphatic carbocycles. The summed E-state index contributed by atoms with van der Waals surface area (Å²) >= 11 is 0. The third kappa shape index (κ3) is 0.824. The predicted molar refractivity (Wildman–Crippen MR) is 37.5 cm³/mol. The summed E-state index contributed by atoms with van der Waals surface area (Å²) in [7, 11) is 0. The molecule has 0 spiro atoms. The van der Waals surface area contributed by atoms with Gasteiger partial charge in [0, 0.05) is 18.8 Å². The number of hydrazone groups is 1. The predicted octanol–water partition coefficient (Wildman–Crippen LogP) is 1.23. The van der Waals surface area contributed by atoms with Crippen molar-refractivity contribution in [3.8, 4) is 0 Å². The SMILES string of the molecule is C1=NN2CCCC2CC1. The molecule has 0 saturated carbocycles. The van der Waals surface area contributed by atoms with Gasteiger partial charge in [0.25, 0.3) is 0 Å². The fourth-order valence-electron chi connectivity index (χ4n) is 1.70. The van der Waals surface area contributed by atoms with Gasteiger partial charge in [-0.3, -0.25) is 5.01 Å². The Kier molecular flexibility index (Phi) is 1.18. The van der Waals surface area contributed by atoms with E-state index in [0.717, 1.165) is 6.04 Å². The molecule has 9 heavy (non-hydrogen) atoms. The van der Waals surface area contributed by atoms with Gasteiger partial charge in [0.05, 0.1) is 0 Å². The van der Waals surface area contributed by atoms with E-state index in [4.69, 9.17) is 0 Å². The summed E-state index contributed by atoms with van der Waals surface area (Å²) in [5, 5.41) is 6.54. The van der Waals surface area contributed by atoms with Crippen LogP contribution in [0.3, 0.4) is 0 Å². The molecule has 2 heteroatoms. The van der Waals surface area contributed by atoms with Crippen LogP contribution in [0.4, 0.5) is 0 Å². The highest BCUT2D eigenvalue weighted by atomic mass is 15.5. The van der Waals surface area contributed by atoms with Crippen molar-refractivity contribution in [2.45, 2.75) is 31.7 Å². The number of hydrogen-bond acceptors (Lipinski definition) is 2. The van der Waals surface area contributed by atoms with Gasteiger partial charge in [0.1, 0.15) is 0 Å². The first-order chi connectivity index (χ1) is 4.47. The Hall–Kier alpha value is -0.530. The lowest BCUT2D eigenvalue weighted by molar-refractivity contribution is 0.246. The molecular formula is C7H12N2. The third-order valence-corrected chi connectivity index (χ3v) is 2.21. The van der Waals surface area contributed by atoms with E-state index >= 15 is 0 Å². The van der Waals surface area contributed by atoms with Gasteiger partial charge in [-0.2, -0.15) is 5.10 Å². The number of rotatable bonds is 0. The van der Waals surface area contributed by atoms with Crippen LogP contribution in [0, 0.1) is 0 Å². The van der Waals surface area contributed by atoms with Crippen molar-refractivity contribution < 1.29 is 0 Å². The van der Waals surface area contributed by atoms with E-state index in [9.17, 15) is 0 Å². The van der Waals surface area contributed by atoms with Crippen LogP contribution in [0.1, 0.15) is 25.7 Å². The molecule has 1 fully saturated rings. The quantitative estimate of drug-likeness (QED) is 0.474. The van der Waals surface area contributed by atoms with Gasteiger partial charge in [-0.1, -0.05) is 0 Å². The van der Waals surface area contributed by atoms with Crippen molar-refractivity contribution in [2.75, 3.05) is 6.54 Å². The zero-order chi connectivity index (χ0) is 6.10. The monoisotopic (exact) mass is 124 g/mol. The van der Waals surface area contributed by atoms with E-state index in [0.29, 0.717) is 0 Å². The lowest BCUT2D eigenvalue weighted by atomic mass is 10.1. The van der Waals surface area contributed by atoms with Gasteiger partial charge in [0.15, 0.2) is 0 Å². The van der Waals surface area contributed by atoms with Crippen LogP contribution < -0.4 is 0 Å². The third-order valence-electron chi connectivity index (χ3n) is 2.21. The minimum absolute atomic E-state index is 0.801. The van der Waals surface area contributed by atoms with Crippen molar-refractivity contribution >= 4 is 6.21 Å². The van der Waals surface area contributed by atoms with Crippen molar-refractivity contribution in [3.63, 3.8) is 0 Å². The van der Waals surface area contributed by atoms with Crippen LogP contribution in [0.15, 0.2) is 5.10 Å². The smallest absolute Gasteiger partial charge is 0.0474 e. The van der Waals surface area contributed by atoms with Crippen LogP contribution in [-0.4, -0.2) is 23.8 Å². The summed E-state index contributed by atoms with van der Waals surface area (Å²) in [6, 6.07) is 0.801. The minimum atomic E-state index is 0.801. The lowest BCUT2D eigenvalue weighted by Crippen LogP contribution is -2.27. The second-order valence-electron chi connectivity index (χ2n) is 2.83. The molecule has 2 heterocycles. The summed E-state index contributed by atoms with van der Waals surface area (Å²) in [5.74, 6) is 0. The molecule has 0 amide bonds. The van der Waals surface area contributed by atoms with Crippen molar-refractivity contribution in [2.24, 2.45) is 5.10 Å². The fraction of sp³-hybridized carbons (Fsp3) is 0.857. The Morgan fingerprint density at radius 3 is 3.33 bits per heavy atom. The second kappa shape index (κ2) is 2.01. The van der Waals surface area contributed by atoms with Crippen LogP contribution in [0.2, 0.25) is 0 Å². The molecule has 2 aliphatic rings. The van der Waals surface area contributed by atoms with Crippen LogP contribution >= 0.6 is 0 Å². The summed E-state index contributed by atoms with van der Waals surface area (Å²) < 4.78 is 0. The van der Waals surface area contributed by atoms with Gasteiger partial charge < -0.3 is 0 Å². The summed E-state index contributed by atoms with van der Waals surface area (Å²) in [6.45, 7) is 1.20. The fourth-order valence-corrected chi connectivity index (χ4v) is 1.70. The van der Waals surface area contributed by atoms with E-state index in [1.54, 1.807) is 0 Å². The molecular weight excluding hydrogens is 112 g/mol. The number of fused-ring (bicyclic) bond motifs is 1. The number of nitrogens with zero attached hydrogens (tertiary/aromatic N) is 2. The Morgan fingerprint density at radius 1 is 1.44 bits per heavy atom. The maximum atomic E-state index is 4.30. The Balaban J connectivity index is 2.10. The number of hydrogen-bond donors (Lipinski definition) is 0.